The van der Waals surface area contributed by atoms with Crippen LogP contribution in [0.25, 0.3) is 0 Å². The molecule has 3 amide bonds. The summed E-state index contributed by atoms with van der Waals surface area (Å²) in [7, 11) is 4.99. The van der Waals surface area contributed by atoms with Crippen LogP contribution >= 0.6 is 0 Å². The van der Waals surface area contributed by atoms with Gasteiger partial charge in [-0.05, 0) is 27.0 Å². The van der Waals surface area contributed by atoms with E-state index < -0.39 is 12.1 Å². The van der Waals surface area contributed by atoms with E-state index in [1.54, 1.807) is 34.1 Å². The van der Waals surface area contributed by atoms with Crippen molar-refractivity contribution >= 4 is 11.9 Å². The molecule has 0 fully saturated rings. The number of carbonyl (C=O) groups is 2. The van der Waals surface area contributed by atoms with Crippen LogP contribution in [-0.2, 0) is 11.3 Å². The van der Waals surface area contributed by atoms with E-state index in [9.17, 15) is 9.59 Å². The van der Waals surface area contributed by atoms with Crippen LogP contribution in [-0.4, -0.2) is 50.7 Å². The molecule has 0 radical (unpaired) electrons. The molecule has 0 bridgehead atoms. The monoisotopic (exact) mass is 323 g/mol. The number of likely N-dealkylation sites (N-methyl/N-ethyl adjacent to an activating group) is 1. The van der Waals surface area contributed by atoms with E-state index in [0.29, 0.717) is 24.6 Å². The third-order valence-corrected chi connectivity index (χ3v) is 3.53. The predicted molar refractivity (Wildman–Crippen MR) is 87.7 cm³/mol. The van der Waals surface area contributed by atoms with Crippen LogP contribution in [0.1, 0.15) is 19.4 Å². The van der Waals surface area contributed by atoms with Gasteiger partial charge in [-0.3, -0.25) is 15.0 Å². The molecule has 7 heteroatoms. The number of carbonyl (C=O) groups excluding carboxylic acids is 2. The summed E-state index contributed by atoms with van der Waals surface area (Å²) in [6.07, 6.45) is 0. The number of methoxy groups -OCH3 is 2. The smallest absolute Gasteiger partial charge is 0.321 e. The Kier molecular flexibility index (Phi) is 7.34. The zero-order valence-corrected chi connectivity index (χ0v) is 14.3. The molecule has 1 rings (SSSR count). The molecule has 1 atom stereocenters. The molecule has 23 heavy (non-hydrogen) atoms. The highest BCUT2D eigenvalue weighted by molar-refractivity contribution is 5.96. The number of nitrogens with zero attached hydrogens (tertiary/aromatic N) is 1. The van der Waals surface area contributed by atoms with Crippen molar-refractivity contribution < 1.29 is 19.1 Å². The Labute approximate surface area is 136 Å². The van der Waals surface area contributed by atoms with E-state index in [1.165, 1.54) is 0 Å². The molecule has 1 unspecified atom stereocenters. The van der Waals surface area contributed by atoms with Crippen LogP contribution in [0.15, 0.2) is 18.2 Å². The summed E-state index contributed by atoms with van der Waals surface area (Å²) in [5.41, 5.74) is 0.924. The molecular formula is C16H25N3O4. The second-order valence-corrected chi connectivity index (χ2v) is 5.12. The molecular weight excluding hydrogens is 298 g/mol. The largest absolute Gasteiger partial charge is 0.497 e. The standard InChI is InChI=1S/C16H25N3O4/c1-6-17-16(21)18-15(20)11(2)19(3)10-12-7-8-13(22-4)9-14(12)23-5/h7-9,11H,6,10H2,1-5H3,(H2,17,18,20,21). The zero-order chi connectivity index (χ0) is 17.4. The molecule has 128 valence electrons. The van der Waals surface area contributed by atoms with Gasteiger partial charge in [-0.15, -0.1) is 0 Å². The molecule has 1 aromatic rings. The number of nitrogens with one attached hydrogen (secondary N) is 2. The first-order chi connectivity index (χ1) is 10.9. The topological polar surface area (TPSA) is 79.9 Å². The highest BCUT2D eigenvalue weighted by Gasteiger charge is 2.21. The number of urea groups is 1. The fourth-order valence-electron chi connectivity index (χ4n) is 2.01. The molecule has 0 aliphatic carbocycles. The third kappa shape index (κ3) is 5.45. The van der Waals surface area contributed by atoms with E-state index in [2.05, 4.69) is 10.6 Å². The van der Waals surface area contributed by atoms with Gasteiger partial charge in [-0.2, -0.15) is 0 Å². The number of hydrogen-bond acceptors (Lipinski definition) is 5. The Hall–Kier alpha value is -2.28. The van der Waals surface area contributed by atoms with Gasteiger partial charge in [0.05, 0.1) is 20.3 Å². The number of amides is 3. The van der Waals surface area contributed by atoms with Gasteiger partial charge in [-0.1, -0.05) is 6.07 Å². The molecule has 0 aliphatic rings. The Bertz CT molecular complexity index is 548. The van der Waals surface area contributed by atoms with Crippen molar-refractivity contribution in [3.63, 3.8) is 0 Å². The zero-order valence-electron chi connectivity index (χ0n) is 14.3. The van der Waals surface area contributed by atoms with Crippen molar-refractivity contribution in [2.45, 2.75) is 26.4 Å². The lowest BCUT2D eigenvalue weighted by molar-refractivity contribution is -0.124. The lowest BCUT2D eigenvalue weighted by atomic mass is 10.1. The maximum absolute atomic E-state index is 12.0. The molecule has 0 spiro atoms. The van der Waals surface area contributed by atoms with Gasteiger partial charge >= 0.3 is 6.03 Å². The number of hydrogen-bond donors (Lipinski definition) is 2. The second-order valence-electron chi connectivity index (χ2n) is 5.12. The van der Waals surface area contributed by atoms with Gasteiger partial charge in [-0.25, -0.2) is 4.79 Å². The number of benzene rings is 1. The van der Waals surface area contributed by atoms with Gasteiger partial charge in [0.25, 0.3) is 0 Å². The maximum atomic E-state index is 12.0. The molecule has 0 aromatic heterocycles. The lowest BCUT2D eigenvalue weighted by Gasteiger charge is -2.24. The van der Waals surface area contributed by atoms with Gasteiger partial charge in [0.1, 0.15) is 11.5 Å². The number of ether oxygens (including phenoxy) is 2. The first kappa shape index (κ1) is 18.8. The Morgan fingerprint density at radius 2 is 1.96 bits per heavy atom. The maximum Gasteiger partial charge on any atom is 0.321 e. The van der Waals surface area contributed by atoms with E-state index in [-0.39, 0.29) is 5.91 Å². The summed E-state index contributed by atoms with van der Waals surface area (Å²) >= 11 is 0. The van der Waals surface area contributed by atoms with Crippen LogP contribution < -0.4 is 20.1 Å². The minimum Gasteiger partial charge on any atom is -0.497 e. The third-order valence-electron chi connectivity index (χ3n) is 3.53. The molecule has 0 saturated carbocycles. The van der Waals surface area contributed by atoms with Crippen molar-refractivity contribution in [1.82, 2.24) is 15.5 Å². The van der Waals surface area contributed by atoms with Crippen LogP contribution in [0.4, 0.5) is 4.79 Å². The summed E-state index contributed by atoms with van der Waals surface area (Å²) in [5.74, 6) is 1.04. The Balaban J connectivity index is 2.72. The predicted octanol–water partition coefficient (Wildman–Crippen LogP) is 1.37. The van der Waals surface area contributed by atoms with E-state index in [0.717, 1.165) is 5.56 Å². The molecule has 0 aliphatic heterocycles. The van der Waals surface area contributed by atoms with Crippen molar-refractivity contribution in [2.24, 2.45) is 0 Å². The van der Waals surface area contributed by atoms with Gasteiger partial charge < -0.3 is 14.8 Å². The summed E-state index contributed by atoms with van der Waals surface area (Å²) in [4.78, 5) is 25.3. The average molecular weight is 323 g/mol. The van der Waals surface area contributed by atoms with Crippen molar-refractivity contribution in [3.05, 3.63) is 23.8 Å². The first-order valence-electron chi connectivity index (χ1n) is 7.42. The Morgan fingerprint density at radius 3 is 2.52 bits per heavy atom. The highest BCUT2D eigenvalue weighted by Crippen LogP contribution is 2.25. The fraction of sp³-hybridized carbons (Fsp3) is 0.500. The molecule has 1 aromatic carbocycles. The normalized spacial score (nSPS) is 11.7. The summed E-state index contributed by atoms with van der Waals surface area (Å²) < 4.78 is 10.5. The fourth-order valence-corrected chi connectivity index (χ4v) is 2.01. The number of imide groups is 1. The first-order valence-corrected chi connectivity index (χ1v) is 7.42. The van der Waals surface area contributed by atoms with Gasteiger partial charge in [0.15, 0.2) is 0 Å². The van der Waals surface area contributed by atoms with Crippen LogP contribution in [0, 0.1) is 0 Å². The minimum atomic E-state index is -0.486. The van der Waals surface area contributed by atoms with Gasteiger partial charge in [0, 0.05) is 24.7 Å². The van der Waals surface area contributed by atoms with Crippen LogP contribution in [0.2, 0.25) is 0 Å². The quantitative estimate of drug-likeness (QED) is 0.792. The minimum absolute atomic E-state index is 0.356. The molecule has 0 heterocycles. The SMILES string of the molecule is CCNC(=O)NC(=O)C(C)N(C)Cc1ccc(OC)cc1OC. The van der Waals surface area contributed by atoms with E-state index >= 15 is 0 Å². The molecule has 7 nitrogen and oxygen atoms in total. The van der Waals surface area contributed by atoms with Crippen molar-refractivity contribution in [1.29, 1.82) is 0 Å². The van der Waals surface area contributed by atoms with Crippen LogP contribution in [0.3, 0.4) is 0 Å². The van der Waals surface area contributed by atoms with Crippen molar-refractivity contribution in [3.8, 4) is 11.5 Å². The lowest BCUT2D eigenvalue weighted by Crippen LogP contribution is -2.48. The van der Waals surface area contributed by atoms with E-state index in [4.69, 9.17) is 9.47 Å². The number of rotatable bonds is 7. The average Bonchev–Trinajstić information content (AvgIpc) is 2.54. The second kappa shape index (κ2) is 8.99. The van der Waals surface area contributed by atoms with Crippen molar-refractivity contribution in [2.75, 3.05) is 27.8 Å². The molecule has 2 N–H and O–H groups in total. The van der Waals surface area contributed by atoms with Crippen LogP contribution in [0.5, 0.6) is 11.5 Å². The summed E-state index contributed by atoms with van der Waals surface area (Å²) in [5, 5.41) is 4.84. The Morgan fingerprint density at radius 1 is 1.26 bits per heavy atom. The van der Waals surface area contributed by atoms with Gasteiger partial charge in [0.2, 0.25) is 5.91 Å². The highest BCUT2D eigenvalue weighted by atomic mass is 16.5. The van der Waals surface area contributed by atoms with E-state index in [1.807, 2.05) is 24.1 Å². The summed E-state index contributed by atoms with van der Waals surface area (Å²) in [6, 6.07) is 4.57. The molecule has 0 saturated heterocycles. The summed E-state index contributed by atoms with van der Waals surface area (Å²) in [6.45, 7) is 4.49.